The topological polar surface area (TPSA) is 95.4 Å². The molecule has 9 heteroatoms. The first-order chi connectivity index (χ1) is 16.3. The number of rotatable bonds is 2. The van der Waals surface area contributed by atoms with E-state index < -0.39 is 11.5 Å². The largest absolute Gasteiger partial charge is 0.437 e. The van der Waals surface area contributed by atoms with Gasteiger partial charge in [-0.2, -0.15) is 0 Å². The molecule has 6 heterocycles. The number of ether oxygens (including phenoxy) is 1. The fraction of sp³-hybridized carbons (Fsp3) is 0.0417. The molecule has 0 N–H and O–H groups in total. The first-order valence-corrected chi connectivity index (χ1v) is 11.1. The van der Waals surface area contributed by atoms with Crippen LogP contribution in [-0.2, 0) is 0 Å². The van der Waals surface area contributed by atoms with Gasteiger partial charge >= 0.3 is 5.63 Å². The molecular weight excluding hydrogens is 438 g/mol. The van der Waals surface area contributed by atoms with E-state index in [1.165, 1.54) is 0 Å². The molecule has 0 fully saturated rings. The molecule has 1 aromatic carbocycles. The Morgan fingerprint density at radius 3 is 2.73 bits per heavy atom. The molecule has 8 nitrogen and oxygen atoms in total. The standard InChI is InChI=1S/C24H13N5O3S/c30-24-18-17(16-9-5-11-33-16)19-22-27-21(14-7-3-4-10-25-14)28-29(22)12-26-23(19)32-20(18)13-6-1-2-8-15(13)31-24/h1-12,17H. The Kier molecular flexibility index (Phi) is 3.76. The predicted molar refractivity (Wildman–Crippen MR) is 122 cm³/mol. The first kappa shape index (κ1) is 18.2. The highest BCUT2D eigenvalue weighted by Crippen LogP contribution is 2.49. The van der Waals surface area contributed by atoms with Crippen molar-refractivity contribution in [2.75, 3.05) is 0 Å². The van der Waals surface area contributed by atoms with Gasteiger partial charge in [0.25, 0.3) is 0 Å². The Labute approximate surface area is 189 Å². The predicted octanol–water partition coefficient (Wildman–Crippen LogP) is 4.64. The smallest absolute Gasteiger partial charge is 0.344 e. The van der Waals surface area contributed by atoms with Crippen molar-refractivity contribution in [2.45, 2.75) is 5.92 Å². The van der Waals surface area contributed by atoms with Gasteiger partial charge in [0.15, 0.2) is 11.4 Å². The van der Waals surface area contributed by atoms with Crippen LogP contribution in [0.4, 0.5) is 0 Å². The zero-order chi connectivity index (χ0) is 21.9. The van der Waals surface area contributed by atoms with Gasteiger partial charge < -0.3 is 9.15 Å². The third kappa shape index (κ3) is 2.66. The van der Waals surface area contributed by atoms with Crippen LogP contribution in [0, 0.1) is 0 Å². The highest BCUT2D eigenvalue weighted by molar-refractivity contribution is 7.10. The molecule has 6 aromatic rings. The second-order valence-electron chi connectivity index (χ2n) is 7.56. The quantitative estimate of drug-likeness (QED) is 0.353. The number of fused-ring (bicyclic) bond motifs is 6. The fourth-order valence-electron chi connectivity index (χ4n) is 4.27. The average Bonchev–Trinajstić information content (AvgIpc) is 3.54. The van der Waals surface area contributed by atoms with Gasteiger partial charge in [0.1, 0.15) is 17.6 Å². The van der Waals surface area contributed by atoms with Crippen LogP contribution >= 0.6 is 11.3 Å². The summed E-state index contributed by atoms with van der Waals surface area (Å²) in [6, 6.07) is 16.8. The minimum absolute atomic E-state index is 0.393. The Morgan fingerprint density at radius 2 is 1.88 bits per heavy atom. The lowest BCUT2D eigenvalue weighted by atomic mass is 9.88. The maximum atomic E-state index is 13.2. The van der Waals surface area contributed by atoms with E-state index in [0.29, 0.717) is 45.5 Å². The number of pyridine rings is 1. The van der Waals surface area contributed by atoms with Crippen molar-refractivity contribution in [2.24, 2.45) is 0 Å². The minimum Gasteiger partial charge on any atom is -0.437 e. The van der Waals surface area contributed by atoms with E-state index in [4.69, 9.17) is 14.1 Å². The molecule has 1 unspecified atom stereocenters. The highest BCUT2D eigenvalue weighted by Gasteiger charge is 2.38. The Hall–Kier alpha value is -4.37. The molecule has 0 spiro atoms. The van der Waals surface area contributed by atoms with Gasteiger partial charge in [-0.15, -0.1) is 16.4 Å². The SMILES string of the molecule is O=c1oc2ccccc2c2c1C(c1cccs1)c1c(ncn3nc(-c4ccccn4)nc13)O2. The number of hydrogen-bond donors (Lipinski definition) is 0. The second-order valence-corrected chi connectivity index (χ2v) is 8.54. The molecule has 1 aliphatic heterocycles. The molecule has 0 aliphatic carbocycles. The molecule has 1 atom stereocenters. The minimum atomic E-state index is -0.457. The van der Waals surface area contributed by atoms with Gasteiger partial charge in [-0.1, -0.05) is 24.3 Å². The van der Waals surface area contributed by atoms with E-state index in [9.17, 15) is 4.79 Å². The lowest BCUT2D eigenvalue weighted by molar-refractivity contribution is 0.423. The monoisotopic (exact) mass is 451 g/mol. The van der Waals surface area contributed by atoms with E-state index in [0.717, 1.165) is 10.3 Å². The fourth-order valence-corrected chi connectivity index (χ4v) is 5.12. The molecule has 1 aliphatic rings. The van der Waals surface area contributed by atoms with Crippen molar-refractivity contribution in [1.29, 1.82) is 0 Å². The van der Waals surface area contributed by atoms with Gasteiger partial charge in [0, 0.05) is 11.1 Å². The van der Waals surface area contributed by atoms with Gasteiger partial charge in [0.2, 0.25) is 11.7 Å². The molecule has 5 aromatic heterocycles. The van der Waals surface area contributed by atoms with E-state index >= 15 is 0 Å². The highest BCUT2D eigenvalue weighted by atomic mass is 32.1. The molecule has 7 rings (SSSR count). The number of nitrogens with zero attached hydrogens (tertiary/aromatic N) is 5. The van der Waals surface area contributed by atoms with Crippen LogP contribution in [-0.4, -0.2) is 24.6 Å². The second kappa shape index (κ2) is 6.81. The van der Waals surface area contributed by atoms with Crippen LogP contribution in [0.2, 0.25) is 0 Å². The number of hydrogen-bond acceptors (Lipinski definition) is 8. The van der Waals surface area contributed by atoms with Crippen molar-refractivity contribution < 1.29 is 9.15 Å². The zero-order valence-electron chi connectivity index (χ0n) is 16.9. The van der Waals surface area contributed by atoms with Gasteiger partial charge in [0.05, 0.1) is 22.4 Å². The summed E-state index contributed by atoms with van der Waals surface area (Å²) in [7, 11) is 0. The summed E-state index contributed by atoms with van der Waals surface area (Å²) in [5.41, 5.74) is 2.32. The van der Waals surface area contributed by atoms with Gasteiger partial charge in [-0.3, -0.25) is 4.98 Å². The number of thiophene rings is 1. The van der Waals surface area contributed by atoms with E-state index in [2.05, 4.69) is 15.1 Å². The van der Waals surface area contributed by atoms with E-state index in [1.54, 1.807) is 34.4 Å². The summed E-state index contributed by atoms with van der Waals surface area (Å²) >= 11 is 1.55. The first-order valence-electron chi connectivity index (χ1n) is 10.2. The molecular formula is C24H13N5O3S. The summed E-state index contributed by atoms with van der Waals surface area (Å²) in [5, 5.41) is 7.26. The van der Waals surface area contributed by atoms with Crippen LogP contribution < -0.4 is 10.4 Å². The average molecular weight is 451 g/mol. The van der Waals surface area contributed by atoms with Crippen molar-refractivity contribution >= 4 is 28.0 Å². The summed E-state index contributed by atoms with van der Waals surface area (Å²) in [6.45, 7) is 0. The Bertz CT molecular complexity index is 1720. The van der Waals surface area contributed by atoms with E-state index in [-0.39, 0.29) is 0 Å². The molecule has 158 valence electrons. The van der Waals surface area contributed by atoms with Crippen LogP contribution in [0.25, 0.3) is 28.1 Å². The summed E-state index contributed by atoms with van der Waals surface area (Å²) in [5.74, 6) is 0.867. The van der Waals surface area contributed by atoms with Gasteiger partial charge in [-0.25, -0.2) is 19.3 Å². The molecule has 0 amide bonds. The van der Waals surface area contributed by atoms with Gasteiger partial charge in [-0.05, 0) is 35.7 Å². The summed E-state index contributed by atoms with van der Waals surface area (Å²) in [4.78, 5) is 27.9. The maximum Gasteiger partial charge on any atom is 0.344 e. The zero-order valence-corrected chi connectivity index (χ0v) is 17.7. The van der Waals surface area contributed by atoms with Crippen LogP contribution in [0.3, 0.4) is 0 Å². The van der Waals surface area contributed by atoms with Crippen LogP contribution in [0.1, 0.15) is 21.9 Å². The number of aromatic nitrogens is 5. The number of benzene rings is 1. The Morgan fingerprint density at radius 1 is 0.970 bits per heavy atom. The third-order valence-corrected chi connectivity index (χ3v) is 6.62. The summed E-state index contributed by atoms with van der Waals surface area (Å²) < 4.78 is 13.5. The van der Waals surface area contributed by atoms with E-state index in [1.807, 2.05) is 53.9 Å². The summed E-state index contributed by atoms with van der Waals surface area (Å²) in [6.07, 6.45) is 3.26. The molecule has 0 radical (unpaired) electrons. The van der Waals surface area contributed by atoms with Crippen LogP contribution in [0.15, 0.2) is 81.7 Å². The Balaban J connectivity index is 1.56. The van der Waals surface area contributed by atoms with Crippen molar-refractivity contribution in [3.63, 3.8) is 0 Å². The van der Waals surface area contributed by atoms with Crippen molar-refractivity contribution in [3.05, 3.63) is 98.9 Å². The van der Waals surface area contributed by atoms with Crippen molar-refractivity contribution in [3.8, 4) is 23.1 Å². The molecule has 0 saturated carbocycles. The normalized spacial score (nSPS) is 14.7. The molecule has 0 bridgehead atoms. The van der Waals surface area contributed by atoms with Crippen LogP contribution in [0.5, 0.6) is 11.6 Å². The lowest BCUT2D eigenvalue weighted by Crippen LogP contribution is -2.21. The lowest BCUT2D eigenvalue weighted by Gasteiger charge is -2.26. The molecule has 0 saturated heterocycles. The number of para-hydroxylation sites is 1. The molecule has 33 heavy (non-hydrogen) atoms. The van der Waals surface area contributed by atoms with Crippen molar-refractivity contribution in [1.82, 2.24) is 24.6 Å². The third-order valence-electron chi connectivity index (χ3n) is 5.68. The maximum absolute atomic E-state index is 13.2.